The molecule has 0 saturated carbocycles. The fraction of sp³-hybridized carbons (Fsp3) is 0.250. The minimum atomic E-state index is -0.671. The molecular weight excluding hydrogens is 168 g/mol. The lowest BCUT2D eigenvalue weighted by Gasteiger charge is -2.08. The van der Waals surface area contributed by atoms with Crippen LogP contribution in [0.25, 0.3) is 0 Å². The molecule has 6 N–H and O–H groups in total. The van der Waals surface area contributed by atoms with Gasteiger partial charge in [-0.25, -0.2) is 4.98 Å². The molecule has 1 aromatic heterocycles. The van der Waals surface area contributed by atoms with Gasteiger partial charge < -0.3 is 17.2 Å². The molecule has 0 amide bonds. The Balaban J connectivity index is 3.03. The zero-order valence-electron chi connectivity index (χ0n) is 7.32. The first kappa shape index (κ1) is 9.47. The van der Waals surface area contributed by atoms with Gasteiger partial charge in [0.1, 0.15) is 5.82 Å². The monoisotopic (exact) mass is 180 g/mol. The van der Waals surface area contributed by atoms with Gasteiger partial charge in [-0.3, -0.25) is 4.79 Å². The number of carbonyl (C=O) groups excluding carboxylic acids is 1. The summed E-state index contributed by atoms with van der Waals surface area (Å²) < 4.78 is 0. The third-order valence-corrected chi connectivity index (χ3v) is 1.77. The van der Waals surface area contributed by atoms with Crippen molar-refractivity contribution in [2.24, 2.45) is 5.73 Å². The van der Waals surface area contributed by atoms with Crippen LogP contribution in [0.5, 0.6) is 0 Å². The van der Waals surface area contributed by atoms with E-state index in [4.69, 9.17) is 17.2 Å². The summed E-state index contributed by atoms with van der Waals surface area (Å²) in [6, 6.07) is 0.893. The molecule has 5 nitrogen and oxygen atoms in total. The molecule has 0 saturated heterocycles. The summed E-state index contributed by atoms with van der Waals surface area (Å²) in [5, 5.41) is 0. The van der Waals surface area contributed by atoms with E-state index in [2.05, 4.69) is 4.98 Å². The number of rotatable bonds is 2. The van der Waals surface area contributed by atoms with Gasteiger partial charge in [0.15, 0.2) is 5.78 Å². The van der Waals surface area contributed by atoms with Gasteiger partial charge in [0.25, 0.3) is 0 Å². The van der Waals surface area contributed by atoms with Crippen molar-refractivity contribution < 1.29 is 4.79 Å². The highest BCUT2D eigenvalue weighted by Crippen LogP contribution is 2.17. The number of pyridine rings is 1. The molecule has 5 heteroatoms. The lowest BCUT2D eigenvalue weighted by Crippen LogP contribution is -2.19. The molecule has 1 unspecified atom stereocenters. The molecule has 1 aromatic rings. The molecule has 0 spiro atoms. The molecule has 0 bridgehead atoms. The summed E-state index contributed by atoms with van der Waals surface area (Å²) >= 11 is 0. The molecular formula is C8H12N4O. The Morgan fingerprint density at radius 1 is 1.54 bits per heavy atom. The van der Waals surface area contributed by atoms with Crippen molar-refractivity contribution in [3.05, 3.63) is 17.8 Å². The molecule has 13 heavy (non-hydrogen) atoms. The maximum Gasteiger partial charge on any atom is 0.151 e. The Labute approximate surface area is 75.9 Å². The van der Waals surface area contributed by atoms with Crippen LogP contribution in [0.3, 0.4) is 0 Å². The number of hydrogen-bond acceptors (Lipinski definition) is 5. The quantitative estimate of drug-likeness (QED) is 0.585. The minimum Gasteiger partial charge on any atom is -0.396 e. The van der Waals surface area contributed by atoms with Crippen molar-refractivity contribution in [1.82, 2.24) is 4.98 Å². The fourth-order valence-electron chi connectivity index (χ4n) is 0.914. The van der Waals surface area contributed by atoms with E-state index in [9.17, 15) is 4.79 Å². The van der Waals surface area contributed by atoms with Gasteiger partial charge in [-0.1, -0.05) is 0 Å². The Kier molecular flexibility index (Phi) is 2.48. The molecule has 0 aromatic carbocycles. The van der Waals surface area contributed by atoms with Crippen LogP contribution in [0.2, 0.25) is 0 Å². The smallest absolute Gasteiger partial charge is 0.151 e. The van der Waals surface area contributed by atoms with E-state index >= 15 is 0 Å². The van der Waals surface area contributed by atoms with E-state index in [0.717, 1.165) is 0 Å². The average molecular weight is 180 g/mol. The minimum absolute atomic E-state index is 0.133. The van der Waals surface area contributed by atoms with Crippen molar-refractivity contribution >= 4 is 17.3 Å². The van der Waals surface area contributed by atoms with Crippen LogP contribution < -0.4 is 17.2 Å². The average Bonchev–Trinajstić information content (AvgIpc) is 2.08. The Bertz CT molecular complexity index is 337. The number of anilines is 2. The third kappa shape index (κ3) is 1.94. The van der Waals surface area contributed by atoms with Crippen molar-refractivity contribution in [3.8, 4) is 0 Å². The number of ketones is 1. The lowest BCUT2D eigenvalue weighted by atomic mass is 10.1. The Morgan fingerprint density at radius 2 is 2.15 bits per heavy atom. The van der Waals surface area contributed by atoms with Gasteiger partial charge in [0.05, 0.1) is 11.7 Å². The summed E-state index contributed by atoms with van der Waals surface area (Å²) in [5.74, 6) is 0.116. The van der Waals surface area contributed by atoms with E-state index in [1.807, 2.05) is 0 Å². The number of nitrogen functional groups attached to an aromatic ring is 2. The van der Waals surface area contributed by atoms with E-state index in [0.29, 0.717) is 11.3 Å². The molecule has 0 aliphatic rings. The summed E-state index contributed by atoms with van der Waals surface area (Å²) in [6.45, 7) is 1.41. The van der Waals surface area contributed by atoms with Crippen LogP contribution >= 0.6 is 0 Å². The lowest BCUT2D eigenvalue weighted by molar-refractivity contribution is -0.118. The third-order valence-electron chi connectivity index (χ3n) is 1.77. The van der Waals surface area contributed by atoms with Crippen LogP contribution in [0, 0.1) is 0 Å². The zero-order valence-corrected chi connectivity index (χ0v) is 7.32. The molecule has 0 radical (unpaired) electrons. The standard InChI is InChI=1S/C8H12N4O/c1-4(13)7(10)5-2-6(9)8(11)12-3-5/h2-3,7H,9-10H2,1H3,(H2,11,12). The molecule has 0 aliphatic heterocycles. The first-order chi connectivity index (χ1) is 6.02. The van der Waals surface area contributed by atoms with Gasteiger partial charge in [-0.05, 0) is 18.6 Å². The first-order valence-electron chi connectivity index (χ1n) is 3.79. The first-order valence-corrected chi connectivity index (χ1v) is 3.79. The number of hydrogen-bond donors (Lipinski definition) is 3. The van der Waals surface area contributed by atoms with Gasteiger partial charge in [0.2, 0.25) is 0 Å². The van der Waals surface area contributed by atoms with Crippen LogP contribution in [0.15, 0.2) is 12.3 Å². The molecule has 0 aliphatic carbocycles. The predicted octanol–water partition coefficient (Wildman–Crippen LogP) is -0.165. The number of nitrogens with two attached hydrogens (primary N) is 3. The van der Waals surface area contributed by atoms with Gasteiger partial charge in [-0.15, -0.1) is 0 Å². The second-order valence-electron chi connectivity index (χ2n) is 2.83. The summed E-state index contributed by atoms with van der Waals surface area (Å²) in [5.41, 5.74) is 17.4. The molecule has 1 heterocycles. The van der Waals surface area contributed by atoms with Crippen molar-refractivity contribution in [1.29, 1.82) is 0 Å². The van der Waals surface area contributed by atoms with Crippen molar-refractivity contribution in [2.75, 3.05) is 11.5 Å². The van der Waals surface area contributed by atoms with Gasteiger partial charge in [0, 0.05) is 6.20 Å². The summed E-state index contributed by atoms with van der Waals surface area (Å²) in [7, 11) is 0. The highest BCUT2D eigenvalue weighted by molar-refractivity contribution is 5.83. The largest absolute Gasteiger partial charge is 0.396 e. The molecule has 0 fully saturated rings. The van der Waals surface area contributed by atoms with Crippen LogP contribution in [-0.4, -0.2) is 10.8 Å². The number of carbonyl (C=O) groups is 1. The van der Waals surface area contributed by atoms with E-state index in [-0.39, 0.29) is 11.6 Å². The van der Waals surface area contributed by atoms with E-state index in [1.165, 1.54) is 13.1 Å². The van der Waals surface area contributed by atoms with E-state index in [1.54, 1.807) is 6.07 Å². The maximum absolute atomic E-state index is 10.9. The highest BCUT2D eigenvalue weighted by atomic mass is 16.1. The van der Waals surface area contributed by atoms with Crippen molar-refractivity contribution in [3.63, 3.8) is 0 Å². The van der Waals surface area contributed by atoms with Crippen LogP contribution in [0.1, 0.15) is 18.5 Å². The SMILES string of the molecule is CC(=O)C(N)c1cnc(N)c(N)c1. The summed E-state index contributed by atoms with van der Waals surface area (Å²) in [4.78, 5) is 14.7. The van der Waals surface area contributed by atoms with Gasteiger partial charge >= 0.3 is 0 Å². The normalized spacial score (nSPS) is 12.5. The number of Topliss-reactive ketones (excluding diaryl/α,β-unsaturated/α-hetero) is 1. The topological polar surface area (TPSA) is 108 Å². The fourth-order valence-corrected chi connectivity index (χ4v) is 0.914. The second kappa shape index (κ2) is 3.40. The summed E-state index contributed by atoms with van der Waals surface area (Å²) in [6.07, 6.45) is 1.46. The highest BCUT2D eigenvalue weighted by Gasteiger charge is 2.12. The molecule has 1 atom stereocenters. The van der Waals surface area contributed by atoms with Gasteiger partial charge in [-0.2, -0.15) is 0 Å². The van der Waals surface area contributed by atoms with Crippen molar-refractivity contribution in [2.45, 2.75) is 13.0 Å². The molecule has 70 valence electrons. The number of nitrogens with zero attached hydrogens (tertiary/aromatic N) is 1. The zero-order chi connectivity index (χ0) is 10.0. The van der Waals surface area contributed by atoms with E-state index < -0.39 is 6.04 Å². The number of aromatic nitrogens is 1. The van der Waals surface area contributed by atoms with Crippen LogP contribution in [0.4, 0.5) is 11.5 Å². The predicted molar refractivity (Wildman–Crippen MR) is 50.7 cm³/mol. The van der Waals surface area contributed by atoms with Crippen LogP contribution in [-0.2, 0) is 4.79 Å². The Morgan fingerprint density at radius 3 is 2.62 bits per heavy atom. The Hall–Kier alpha value is -1.62. The maximum atomic E-state index is 10.9. The molecule has 1 rings (SSSR count). The second-order valence-corrected chi connectivity index (χ2v) is 2.83.